The van der Waals surface area contributed by atoms with Gasteiger partial charge in [0.05, 0.1) is 11.8 Å². The van der Waals surface area contributed by atoms with Crippen LogP contribution in [0.4, 0.5) is 5.13 Å². The molecule has 2 N–H and O–H groups in total. The molecule has 0 aliphatic heterocycles. The quantitative estimate of drug-likeness (QED) is 0.752. The van der Waals surface area contributed by atoms with Crippen molar-refractivity contribution in [2.75, 3.05) is 5.32 Å². The molecule has 0 unspecified atom stereocenters. The second-order valence-corrected chi connectivity index (χ2v) is 6.81. The topological polar surface area (TPSA) is 110 Å². The third-order valence-electron chi connectivity index (χ3n) is 4.16. The summed E-state index contributed by atoms with van der Waals surface area (Å²) in [6, 6.07) is 0. The predicted octanol–water partition coefficient (Wildman–Crippen LogP) is 3.13. The SMILES string of the molecule is Cc1[nH]ncc1-c1nnc(NC(=O)c2coc(C3CCCC3)n2)s1. The molecule has 1 fully saturated rings. The number of carbonyl (C=O) groups excluding carboxylic acids is 1. The van der Waals surface area contributed by atoms with Crippen molar-refractivity contribution in [2.45, 2.75) is 38.5 Å². The average molecular weight is 344 g/mol. The van der Waals surface area contributed by atoms with Gasteiger partial charge >= 0.3 is 0 Å². The fourth-order valence-corrected chi connectivity index (χ4v) is 3.67. The molecule has 0 saturated heterocycles. The number of hydrogen-bond acceptors (Lipinski definition) is 7. The van der Waals surface area contributed by atoms with Crippen LogP contribution in [0.5, 0.6) is 0 Å². The molecule has 1 aliphatic carbocycles. The monoisotopic (exact) mass is 344 g/mol. The molecule has 3 heterocycles. The van der Waals surface area contributed by atoms with E-state index in [1.54, 1.807) is 6.20 Å². The van der Waals surface area contributed by atoms with Crippen LogP contribution in [0, 0.1) is 6.92 Å². The van der Waals surface area contributed by atoms with Crippen molar-refractivity contribution in [3.05, 3.63) is 29.7 Å². The Morgan fingerprint density at radius 2 is 2.21 bits per heavy atom. The predicted molar refractivity (Wildman–Crippen MR) is 87.9 cm³/mol. The van der Waals surface area contributed by atoms with Crippen molar-refractivity contribution in [2.24, 2.45) is 0 Å². The van der Waals surface area contributed by atoms with Gasteiger partial charge in [-0.1, -0.05) is 24.2 Å². The van der Waals surface area contributed by atoms with Crippen LogP contribution in [0.2, 0.25) is 0 Å². The van der Waals surface area contributed by atoms with E-state index in [1.165, 1.54) is 30.4 Å². The van der Waals surface area contributed by atoms with Crippen molar-refractivity contribution in [1.29, 1.82) is 0 Å². The number of H-pyrrole nitrogens is 1. The van der Waals surface area contributed by atoms with Crippen LogP contribution in [-0.4, -0.2) is 31.3 Å². The number of amides is 1. The number of aryl methyl sites for hydroxylation is 1. The highest BCUT2D eigenvalue weighted by atomic mass is 32.1. The minimum atomic E-state index is -0.338. The summed E-state index contributed by atoms with van der Waals surface area (Å²) in [5.74, 6) is 0.656. The molecule has 0 spiro atoms. The van der Waals surface area contributed by atoms with Gasteiger partial charge in [0.2, 0.25) is 5.13 Å². The normalized spacial score (nSPS) is 15.0. The summed E-state index contributed by atoms with van der Waals surface area (Å²) in [7, 11) is 0. The van der Waals surface area contributed by atoms with Gasteiger partial charge < -0.3 is 4.42 Å². The zero-order valence-electron chi connectivity index (χ0n) is 13.1. The largest absolute Gasteiger partial charge is 0.448 e. The number of aromatic amines is 1. The fraction of sp³-hybridized carbons (Fsp3) is 0.400. The van der Waals surface area contributed by atoms with Gasteiger partial charge in [-0.15, -0.1) is 10.2 Å². The fourth-order valence-electron chi connectivity index (χ4n) is 2.86. The maximum atomic E-state index is 12.3. The highest BCUT2D eigenvalue weighted by Gasteiger charge is 2.23. The van der Waals surface area contributed by atoms with Gasteiger partial charge in [0.25, 0.3) is 5.91 Å². The summed E-state index contributed by atoms with van der Waals surface area (Å²) in [6.07, 6.45) is 7.63. The van der Waals surface area contributed by atoms with Crippen LogP contribution in [-0.2, 0) is 0 Å². The third-order valence-corrected chi connectivity index (χ3v) is 5.04. The number of nitrogens with zero attached hydrogens (tertiary/aromatic N) is 4. The van der Waals surface area contributed by atoms with E-state index in [2.05, 4.69) is 30.7 Å². The summed E-state index contributed by atoms with van der Waals surface area (Å²) in [6.45, 7) is 1.90. The molecule has 3 aromatic rings. The average Bonchev–Trinajstić information content (AvgIpc) is 3.34. The highest BCUT2D eigenvalue weighted by molar-refractivity contribution is 7.18. The maximum Gasteiger partial charge on any atom is 0.279 e. The van der Waals surface area contributed by atoms with Crippen LogP contribution < -0.4 is 5.32 Å². The number of anilines is 1. The molecule has 0 bridgehead atoms. The van der Waals surface area contributed by atoms with E-state index in [4.69, 9.17) is 4.42 Å². The summed E-state index contributed by atoms with van der Waals surface area (Å²) in [5.41, 5.74) is 2.05. The first-order valence-electron chi connectivity index (χ1n) is 7.81. The van der Waals surface area contributed by atoms with E-state index in [0.717, 1.165) is 24.1 Å². The zero-order valence-corrected chi connectivity index (χ0v) is 13.9. The van der Waals surface area contributed by atoms with E-state index >= 15 is 0 Å². The van der Waals surface area contributed by atoms with Gasteiger partial charge in [-0.25, -0.2) is 4.98 Å². The van der Waals surface area contributed by atoms with E-state index < -0.39 is 0 Å². The van der Waals surface area contributed by atoms with Gasteiger partial charge in [0.1, 0.15) is 6.26 Å². The van der Waals surface area contributed by atoms with Gasteiger partial charge in [-0.3, -0.25) is 15.2 Å². The Kier molecular flexibility index (Phi) is 3.85. The van der Waals surface area contributed by atoms with Crippen LogP contribution in [0.15, 0.2) is 16.9 Å². The lowest BCUT2D eigenvalue weighted by Gasteiger charge is -2.01. The standard InChI is InChI=1S/C15H16N6O2S/c1-8-10(6-16-19-8)14-20-21-15(24-14)18-12(22)11-7-23-13(17-11)9-4-2-3-5-9/h6-7,9H,2-5H2,1H3,(H,16,19)(H,18,21,22). The summed E-state index contributed by atoms with van der Waals surface area (Å²) >= 11 is 1.29. The Bertz CT molecular complexity index is 861. The molecule has 1 aliphatic rings. The lowest BCUT2D eigenvalue weighted by Crippen LogP contribution is -2.12. The van der Waals surface area contributed by atoms with E-state index in [0.29, 0.717) is 21.9 Å². The minimum Gasteiger partial charge on any atom is -0.448 e. The van der Waals surface area contributed by atoms with Crippen molar-refractivity contribution < 1.29 is 9.21 Å². The molecular formula is C15H16N6O2S. The molecular weight excluding hydrogens is 328 g/mol. The van der Waals surface area contributed by atoms with Crippen LogP contribution in [0.3, 0.4) is 0 Å². The first-order chi connectivity index (χ1) is 11.7. The third kappa shape index (κ3) is 2.82. The van der Waals surface area contributed by atoms with Crippen molar-refractivity contribution in [1.82, 2.24) is 25.4 Å². The summed E-state index contributed by atoms with van der Waals surface area (Å²) < 4.78 is 5.47. The molecule has 4 rings (SSSR count). The Morgan fingerprint density at radius 1 is 1.38 bits per heavy atom. The van der Waals surface area contributed by atoms with E-state index in [-0.39, 0.29) is 11.6 Å². The second kappa shape index (κ2) is 6.16. The van der Waals surface area contributed by atoms with Gasteiger partial charge in [-0.2, -0.15) is 5.10 Å². The minimum absolute atomic E-state index is 0.271. The molecule has 0 aromatic carbocycles. The molecule has 3 aromatic heterocycles. The second-order valence-electron chi connectivity index (χ2n) is 5.83. The number of carbonyl (C=O) groups is 1. The lowest BCUT2D eigenvalue weighted by atomic mass is 10.1. The summed E-state index contributed by atoms with van der Waals surface area (Å²) in [5, 5.41) is 18.7. The number of aromatic nitrogens is 5. The molecule has 124 valence electrons. The zero-order chi connectivity index (χ0) is 16.5. The van der Waals surface area contributed by atoms with E-state index in [1.807, 2.05) is 6.92 Å². The maximum absolute atomic E-state index is 12.3. The summed E-state index contributed by atoms with van der Waals surface area (Å²) in [4.78, 5) is 16.6. The number of nitrogens with one attached hydrogen (secondary N) is 2. The number of oxazole rings is 1. The first kappa shape index (κ1) is 15.0. The molecule has 1 amide bonds. The molecule has 0 radical (unpaired) electrons. The molecule has 24 heavy (non-hydrogen) atoms. The Hall–Kier alpha value is -2.55. The smallest absolute Gasteiger partial charge is 0.279 e. The van der Waals surface area contributed by atoms with Crippen LogP contribution in [0.25, 0.3) is 10.6 Å². The Labute approximate surface area is 141 Å². The Morgan fingerprint density at radius 3 is 2.96 bits per heavy atom. The molecule has 1 saturated carbocycles. The number of hydrogen-bond donors (Lipinski definition) is 2. The van der Waals surface area contributed by atoms with Crippen molar-refractivity contribution in [3.63, 3.8) is 0 Å². The first-order valence-corrected chi connectivity index (χ1v) is 8.63. The van der Waals surface area contributed by atoms with Crippen LogP contribution in [0.1, 0.15) is 53.7 Å². The van der Waals surface area contributed by atoms with E-state index in [9.17, 15) is 4.79 Å². The van der Waals surface area contributed by atoms with Crippen LogP contribution >= 0.6 is 11.3 Å². The Balaban J connectivity index is 1.46. The molecule has 9 heteroatoms. The van der Waals surface area contributed by atoms with Gasteiger partial charge in [-0.05, 0) is 19.8 Å². The molecule has 8 nitrogen and oxygen atoms in total. The van der Waals surface area contributed by atoms with Crippen molar-refractivity contribution >= 4 is 22.4 Å². The number of rotatable bonds is 4. The van der Waals surface area contributed by atoms with Gasteiger partial charge in [0, 0.05) is 11.6 Å². The van der Waals surface area contributed by atoms with Gasteiger partial charge in [0.15, 0.2) is 16.6 Å². The lowest BCUT2D eigenvalue weighted by molar-refractivity contribution is 0.102. The highest BCUT2D eigenvalue weighted by Crippen LogP contribution is 2.33. The molecule has 0 atom stereocenters. The van der Waals surface area contributed by atoms with Crippen molar-refractivity contribution in [3.8, 4) is 10.6 Å².